The van der Waals surface area contributed by atoms with Crippen molar-refractivity contribution >= 4 is 11.9 Å². The molecule has 0 saturated carbocycles. The molecule has 158 valence electrons. The molecule has 0 radical (unpaired) electrons. The van der Waals surface area contributed by atoms with Crippen molar-refractivity contribution in [2.24, 2.45) is 5.92 Å². The molecule has 1 rings (SSSR count). The lowest BCUT2D eigenvalue weighted by Gasteiger charge is -2.16. The normalized spacial score (nSPS) is 16.9. The first-order valence-corrected chi connectivity index (χ1v) is 11.6. The zero-order valence-electron chi connectivity index (χ0n) is 18.0. The van der Waals surface area contributed by atoms with Gasteiger partial charge in [-0.2, -0.15) is 0 Å². The number of hydrogen-bond acceptors (Lipinski definition) is 3. The molecule has 27 heavy (non-hydrogen) atoms. The molecule has 4 heteroatoms. The fraction of sp³-hybridized carbons (Fsp3) is 0.913. The molecule has 1 amide bonds. The van der Waals surface area contributed by atoms with E-state index in [0.29, 0.717) is 19.6 Å². The maximum absolute atomic E-state index is 12.1. The number of carbonyl (C=O) groups is 2. The predicted octanol–water partition coefficient (Wildman–Crippen LogP) is 5.88. The first-order valence-electron chi connectivity index (χ1n) is 11.6. The van der Waals surface area contributed by atoms with Gasteiger partial charge in [-0.3, -0.25) is 9.59 Å². The molecule has 1 atom stereocenters. The molecule has 0 aromatic rings. The second kappa shape index (κ2) is 15.9. The summed E-state index contributed by atoms with van der Waals surface area (Å²) in [5, 5.41) is 0. The van der Waals surface area contributed by atoms with Crippen molar-refractivity contribution in [3.63, 3.8) is 0 Å². The SMILES string of the molecule is CCCCCCCCCCCCCCN1CC(C(=O)OCCCC)CC1=O. The summed E-state index contributed by atoms with van der Waals surface area (Å²) in [5.41, 5.74) is 0. The minimum atomic E-state index is -0.244. The van der Waals surface area contributed by atoms with Crippen molar-refractivity contribution in [1.29, 1.82) is 0 Å². The minimum Gasteiger partial charge on any atom is -0.465 e. The van der Waals surface area contributed by atoms with E-state index in [4.69, 9.17) is 4.74 Å². The predicted molar refractivity (Wildman–Crippen MR) is 112 cm³/mol. The number of amides is 1. The number of esters is 1. The third-order valence-electron chi connectivity index (χ3n) is 5.57. The lowest BCUT2D eigenvalue weighted by Crippen LogP contribution is -2.27. The zero-order valence-corrected chi connectivity index (χ0v) is 18.0. The Hall–Kier alpha value is -1.06. The van der Waals surface area contributed by atoms with Crippen molar-refractivity contribution in [2.45, 2.75) is 110 Å². The van der Waals surface area contributed by atoms with Crippen LogP contribution in [0.4, 0.5) is 0 Å². The fourth-order valence-corrected chi connectivity index (χ4v) is 3.72. The molecule has 1 aliphatic heterocycles. The van der Waals surface area contributed by atoms with E-state index in [9.17, 15) is 9.59 Å². The minimum absolute atomic E-state index is 0.121. The fourth-order valence-electron chi connectivity index (χ4n) is 3.72. The Labute approximate surface area is 167 Å². The molecule has 1 unspecified atom stereocenters. The molecular weight excluding hydrogens is 338 g/mol. The molecule has 4 nitrogen and oxygen atoms in total. The van der Waals surface area contributed by atoms with Gasteiger partial charge in [0.25, 0.3) is 0 Å². The van der Waals surface area contributed by atoms with E-state index in [0.717, 1.165) is 25.8 Å². The Morgan fingerprint density at radius 2 is 1.37 bits per heavy atom. The van der Waals surface area contributed by atoms with Crippen molar-refractivity contribution in [3.8, 4) is 0 Å². The molecule has 0 spiro atoms. The standard InChI is InChI=1S/C23H43NO3/c1-3-5-7-8-9-10-11-12-13-14-15-16-17-24-20-21(19-22(24)25)23(26)27-18-6-4-2/h21H,3-20H2,1-2H3. The maximum Gasteiger partial charge on any atom is 0.311 e. The number of likely N-dealkylation sites (tertiary alicyclic amines) is 1. The van der Waals surface area contributed by atoms with E-state index >= 15 is 0 Å². The lowest BCUT2D eigenvalue weighted by molar-refractivity contribution is -0.148. The van der Waals surface area contributed by atoms with Gasteiger partial charge in [-0.25, -0.2) is 0 Å². The molecule has 1 aliphatic rings. The highest BCUT2D eigenvalue weighted by atomic mass is 16.5. The molecule has 1 saturated heterocycles. The van der Waals surface area contributed by atoms with Gasteiger partial charge < -0.3 is 9.64 Å². The van der Waals surface area contributed by atoms with E-state index in [-0.39, 0.29) is 17.8 Å². The number of carbonyl (C=O) groups excluding carboxylic acids is 2. The van der Waals surface area contributed by atoms with Gasteiger partial charge in [0.15, 0.2) is 0 Å². The van der Waals surface area contributed by atoms with Gasteiger partial charge in [0, 0.05) is 19.5 Å². The Bertz CT molecular complexity index is 397. The summed E-state index contributed by atoms with van der Waals surface area (Å²) in [4.78, 5) is 25.9. The molecule has 0 aromatic heterocycles. The molecule has 0 aromatic carbocycles. The van der Waals surface area contributed by atoms with E-state index < -0.39 is 0 Å². The van der Waals surface area contributed by atoms with Crippen LogP contribution in [-0.2, 0) is 14.3 Å². The Kier molecular flexibility index (Phi) is 14.2. The third kappa shape index (κ3) is 11.4. The summed E-state index contributed by atoms with van der Waals surface area (Å²) in [6, 6.07) is 0. The number of nitrogens with zero attached hydrogens (tertiary/aromatic N) is 1. The second-order valence-corrected chi connectivity index (χ2v) is 8.15. The van der Waals surface area contributed by atoms with Crippen LogP contribution >= 0.6 is 0 Å². The summed E-state index contributed by atoms with van der Waals surface area (Å²) < 4.78 is 5.26. The van der Waals surface area contributed by atoms with Gasteiger partial charge in [-0.05, 0) is 12.8 Å². The molecule has 1 heterocycles. The van der Waals surface area contributed by atoms with Crippen molar-refractivity contribution in [3.05, 3.63) is 0 Å². The van der Waals surface area contributed by atoms with Crippen LogP contribution in [-0.4, -0.2) is 36.5 Å². The summed E-state index contributed by atoms with van der Waals surface area (Å²) in [5.74, 6) is -0.309. The highest BCUT2D eigenvalue weighted by molar-refractivity contribution is 5.86. The van der Waals surface area contributed by atoms with Gasteiger partial charge in [-0.15, -0.1) is 0 Å². The van der Waals surface area contributed by atoms with Gasteiger partial charge in [-0.1, -0.05) is 90.9 Å². The quantitative estimate of drug-likeness (QED) is 0.233. The van der Waals surface area contributed by atoms with E-state index in [1.165, 1.54) is 70.6 Å². The van der Waals surface area contributed by atoms with Crippen LogP contribution < -0.4 is 0 Å². The Morgan fingerprint density at radius 3 is 1.93 bits per heavy atom. The molecule has 0 bridgehead atoms. The van der Waals surface area contributed by atoms with Crippen LogP contribution in [0.2, 0.25) is 0 Å². The summed E-state index contributed by atoms with van der Waals surface area (Å²) in [6.07, 6.45) is 18.1. The Balaban J connectivity index is 1.96. The highest BCUT2D eigenvalue weighted by Gasteiger charge is 2.34. The topological polar surface area (TPSA) is 46.6 Å². The molecule has 1 fully saturated rings. The number of unbranched alkanes of at least 4 members (excludes halogenated alkanes) is 12. The monoisotopic (exact) mass is 381 g/mol. The highest BCUT2D eigenvalue weighted by Crippen LogP contribution is 2.20. The first-order chi connectivity index (χ1) is 13.2. The van der Waals surface area contributed by atoms with E-state index in [1.54, 1.807) is 0 Å². The van der Waals surface area contributed by atoms with Crippen LogP contribution in [0.1, 0.15) is 110 Å². The number of rotatable bonds is 17. The van der Waals surface area contributed by atoms with Crippen molar-refractivity contribution < 1.29 is 14.3 Å². The molecular formula is C23H43NO3. The van der Waals surface area contributed by atoms with Gasteiger partial charge in [0.1, 0.15) is 0 Å². The summed E-state index contributed by atoms with van der Waals surface area (Å²) in [6.45, 7) is 6.18. The zero-order chi connectivity index (χ0) is 19.7. The summed E-state index contributed by atoms with van der Waals surface area (Å²) in [7, 11) is 0. The van der Waals surface area contributed by atoms with Crippen LogP contribution in [0.5, 0.6) is 0 Å². The van der Waals surface area contributed by atoms with Crippen LogP contribution in [0.15, 0.2) is 0 Å². The number of ether oxygens (including phenoxy) is 1. The number of hydrogen-bond donors (Lipinski definition) is 0. The average molecular weight is 382 g/mol. The summed E-state index contributed by atoms with van der Waals surface area (Å²) >= 11 is 0. The largest absolute Gasteiger partial charge is 0.465 e. The van der Waals surface area contributed by atoms with Gasteiger partial charge in [0.2, 0.25) is 5.91 Å². The average Bonchev–Trinajstić information content (AvgIpc) is 3.03. The van der Waals surface area contributed by atoms with E-state index in [1.807, 2.05) is 4.90 Å². The van der Waals surface area contributed by atoms with Crippen LogP contribution in [0, 0.1) is 5.92 Å². The smallest absolute Gasteiger partial charge is 0.311 e. The van der Waals surface area contributed by atoms with Gasteiger partial charge in [0.05, 0.1) is 12.5 Å². The molecule has 0 N–H and O–H groups in total. The maximum atomic E-state index is 12.1. The van der Waals surface area contributed by atoms with E-state index in [2.05, 4.69) is 13.8 Å². The first kappa shape index (κ1) is 24.0. The lowest BCUT2D eigenvalue weighted by atomic mass is 10.1. The van der Waals surface area contributed by atoms with Crippen molar-refractivity contribution in [1.82, 2.24) is 4.90 Å². The van der Waals surface area contributed by atoms with Crippen molar-refractivity contribution in [2.75, 3.05) is 19.7 Å². The van der Waals surface area contributed by atoms with Crippen LogP contribution in [0.3, 0.4) is 0 Å². The Morgan fingerprint density at radius 1 is 0.852 bits per heavy atom. The molecule has 0 aliphatic carbocycles. The van der Waals surface area contributed by atoms with Crippen LogP contribution in [0.25, 0.3) is 0 Å². The second-order valence-electron chi connectivity index (χ2n) is 8.15. The third-order valence-corrected chi connectivity index (χ3v) is 5.57. The van der Waals surface area contributed by atoms with Gasteiger partial charge >= 0.3 is 5.97 Å².